The molecule has 1 aliphatic heterocycles. The van der Waals surface area contributed by atoms with Crippen molar-refractivity contribution in [2.75, 3.05) is 13.1 Å². The van der Waals surface area contributed by atoms with Crippen LogP contribution in [0.4, 0.5) is 0 Å². The maximum Gasteiger partial charge on any atom is 0.243 e. The Labute approximate surface area is 129 Å². The second-order valence-corrected chi connectivity index (χ2v) is 7.02. The number of benzene rings is 1. The average molecular weight is 346 g/mol. The fraction of sp³-hybridized carbons (Fsp3) is 0.455. The predicted octanol–water partition coefficient (Wildman–Crippen LogP) is 2.53. The van der Waals surface area contributed by atoms with Gasteiger partial charge in [0.15, 0.2) is 0 Å². The molecule has 0 aromatic heterocycles. The Morgan fingerprint density at radius 3 is 2.37 bits per heavy atom. The van der Waals surface area contributed by atoms with E-state index in [1.165, 1.54) is 22.5 Å². The van der Waals surface area contributed by atoms with Crippen LogP contribution in [0.2, 0.25) is 10.0 Å². The normalized spacial score (nSPS) is 20.3. The first-order valence-electron chi connectivity index (χ1n) is 5.63. The van der Waals surface area contributed by atoms with Gasteiger partial charge in [0.1, 0.15) is 0 Å². The van der Waals surface area contributed by atoms with Gasteiger partial charge in [-0.15, -0.1) is 12.4 Å². The monoisotopic (exact) mass is 344 g/mol. The molecule has 1 heterocycles. The summed E-state index contributed by atoms with van der Waals surface area (Å²) in [5.41, 5.74) is 5.60. The van der Waals surface area contributed by atoms with Crippen LogP contribution in [-0.4, -0.2) is 31.9 Å². The van der Waals surface area contributed by atoms with Crippen molar-refractivity contribution in [1.82, 2.24) is 4.31 Å². The van der Waals surface area contributed by atoms with Gasteiger partial charge < -0.3 is 5.73 Å². The van der Waals surface area contributed by atoms with Crippen molar-refractivity contribution in [1.29, 1.82) is 0 Å². The molecule has 0 aliphatic carbocycles. The van der Waals surface area contributed by atoms with Crippen molar-refractivity contribution in [3.63, 3.8) is 0 Å². The molecule has 1 atom stereocenters. The van der Waals surface area contributed by atoms with Gasteiger partial charge in [-0.05, 0) is 31.0 Å². The van der Waals surface area contributed by atoms with Gasteiger partial charge in [0.2, 0.25) is 10.0 Å². The average Bonchev–Trinajstić information content (AvgIpc) is 2.76. The Bertz CT molecular complexity index is 531. The molecule has 0 bridgehead atoms. The second-order valence-electron chi connectivity index (χ2n) is 4.25. The van der Waals surface area contributed by atoms with Crippen LogP contribution in [0.3, 0.4) is 0 Å². The molecule has 1 saturated heterocycles. The van der Waals surface area contributed by atoms with E-state index >= 15 is 0 Å². The molecule has 1 aliphatic rings. The highest BCUT2D eigenvalue weighted by atomic mass is 35.5. The van der Waals surface area contributed by atoms with Crippen molar-refractivity contribution in [2.24, 2.45) is 5.73 Å². The summed E-state index contributed by atoms with van der Waals surface area (Å²) in [6.45, 7) is 0.821. The number of hydrogen-bond donors (Lipinski definition) is 1. The molecule has 1 fully saturated rings. The van der Waals surface area contributed by atoms with Crippen LogP contribution in [0, 0.1) is 0 Å². The molecule has 0 amide bonds. The fourth-order valence-corrected chi connectivity index (χ4v) is 4.61. The third-order valence-corrected chi connectivity index (χ3v) is 5.40. The van der Waals surface area contributed by atoms with E-state index in [0.29, 0.717) is 23.1 Å². The van der Waals surface area contributed by atoms with Crippen molar-refractivity contribution in [3.05, 3.63) is 28.2 Å². The van der Waals surface area contributed by atoms with Crippen LogP contribution in [0.1, 0.15) is 12.8 Å². The second kappa shape index (κ2) is 6.61. The largest absolute Gasteiger partial charge is 0.329 e. The molecule has 1 unspecified atom stereocenters. The minimum absolute atomic E-state index is 0. The van der Waals surface area contributed by atoms with Crippen LogP contribution in [0.5, 0.6) is 0 Å². The van der Waals surface area contributed by atoms with Crippen molar-refractivity contribution < 1.29 is 8.42 Å². The Hall–Kier alpha value is -0.0400. The SMILES string of the molecule is Cl.NCC1CCCN1S(=O)(=O)c1cc(Cl)cc(Cl)c1. The summed E-state index contributed by atoms with van der Waals surface area (Å²) >= 11 is 11.7. The van der Waals surface area contributed by atoms with E-state index in [0.717, 1.165) is 12.8 Å². The molecule has 0 saturated carbocycles. The van der Waals surface area contributed by atoms with Crippen LogP contribution >= 0.6 is 35.6 Å². The Morgan fingerprint density at radius 2 is 1.84 bits per heavy atom. The molecular formula is C11H15Cl3N2O2S. The van der Waals surface area contributed by atoms with Crippen molar-refractivity contribution in [3.8, 4) is 0 Å². The van der Waals surface area contributed by atoms with E-state index in [1.807, 2.05) is 0 Å². The summed E-state index contributed by atoms with van der Waals surface area (Å²) in [7, 11) is -3.56. The molecule has 2 N–H and O–H groups in total. The van der Waals surface area contributed by atoms with Gasteiger partial charge in [0.05, 0.1) is 4.90 Å². The maximum atomic E-state index is 12.5. The molecular weight excluding hydrogens is 331 g/mol. The molecule has 19 heavy (non-hydrogen) atoms. The molecule has 2 rings (SSSR count). The smallest absolute Gasteiger partial charge is 0.243 e. The van der Waals surface area contributed by atoms with Gasteiger partial charge in [-0.25, -0.2) is 8.42 Å². The van der Waals surface area contributed by atoms with E-state index in [1.54, 1.807) is 0 Å². The number of sulfonamides is 1. The highest BCUT2D eigenvalue weighted by molar-refractivity contribution is 7.89. The van der Waals surface area contributed by atoms with E-state index in [9.17, 15) is 8.42 Å². The number of hydrogen-bond acceptors (Lipinski definition) is 3. The van der Waals surface area contributed by atoms with E-state index in [4.69, 9.17) is 28.9 Å². The lowest BCUT2D eigenvalue weighted by Crippen LogP contribution is -2.39. The molecule has 1 aromatic rings. The predicted molar refractivity (Wildman–Crippen MR) is 79.7 cm³/mol. The van der Waals surface area contributed by atoms with Gasteiger partial charge in [-0.2, -0.15) is 4.31 Å². The summed E-state index contributed by atoms with van der Waals surface area (Å²) in [5.74, 6) is 0. The Balaban J connectivity index is 0.00000180. The molecule has 4 nitrogen and oxygen atoms in total. The van der Waals surface area contributed by atoms with Gasteiger partial charge in [-0.3, -0.25) is 0 Å². The number of nitrogens with zero attached hydrogens (tertiary/aromatic N) is 1. The summed E-state index contributed by atoms with van der Waals surface area (Å²) in [6, 6.07) is 4.20. The first-order valence-corrected chi connectivity index (χ1v) is 7.83. The molecule has 0 spiro atoms. The third-order valence-electron chi connectivity index (χ3n) is 3.04. The lowest BCUT2D eigenvalue weighted by molar-refractivity contribution is 0.393. The number of halogens is 3. The van der Waals surface area contributed by atoms with Crippen molar-refractivity contribution >= 4 is 45.6 Å². The van der Waals surface area contributed by atoms with Gasteiger partial charge in [0, 0.05) is 29.2 Å². The van der Waals surface area contributed by atoms with Crippen LogP contribution in [0.15, 0.2) is 23.1 Å². The zero-order valence-electron chi connectivity index (χ0n) is 10.1. The highest BCUT2D eigenvalue weighted by Gasteiger charge is 2.34. The van der Waals surface area contributed by atoms with Crippen LogP contribution < -0.4 is 5.73 Å². The molecule has 1 aromatic carbocycles. The van der Waals surface area contributed by atoms with Crippen LogP contribution in [0.25, 0.3) is 0 Å². The van der Waals surface area contributed by atoms with E-state index in [2.05, 4.69) is 0 Å². The first-order chi connectivity index (χ1) is 8.45. The van der Waals surface area contributed by atoms with E-state index < -0.39 is 10.0 Å². The molecule has 108 valence electrons. The van der Waals surface area contributed by atoms with E-state index in [-0.39, 0.29) is 23.3 Å². The molecule has 0 radical (unpaired) electrons. The lowest BCUT2D eigenvalue weighted by atomic mass is 10.2. The summed E-state index contributed by atoms with van der Waals surface area (Å²) < 4.78 is 26.4. The quantitative estimate of drug-likeness (QED) is 0.915. The van der Waals surface area contributed by atoms with Crippen molar-refractivity contribution in [2.45, 2.75) is 23.8 Å². The zero-order chi connectivity index (χ0) is 13.3. The van der Waals surface area contributed by atoms with Gasteiger partial charge in [-0.1, -0.05) is 23.2 Å². The third kappa shape index (κ3) is 3.54. The van der Waals surface area contributed by atoms with Crippen LogP contribution in [-0.2, 0) is 10.0 Å². The molecule has 8 heteroatoms. The zero-order valence-corrected chi connectivity index (χ0v) is 13.2. The lowest BCUT2D eigenvalue weighted by Gasteiger charge is -2.23. The topological polar surface area (TPSA) is 63.4 Å². The standard InChI is InChI=1S/C11H14Cl2N2O2S.ClH/c12-8-4-9(13)6-11(5-8)18(16,17)15-3-1-2-10(15)7-14;/h4-6,10H,1-3,7,14H2;1H. The minimum Gasteiger partial charge on any atom is -0.329 e. The Kier molecular flexibility index (Phi) is 5.92. The summed E-state index contributed by atoms with van der Waals surface area (Å²) in [6.07, 6.45) is 1.62. The highest BCUT2D eigenvalue weighted by Crippen LogP contribution is 2.29. The first kappa shape index (κ1) is 17.0. The Morgan fingerprint density at radius 1 is 1.26 bits per heavy atom. The fourth-order valence-electron chi connectivity index (χ4n) is 2.17. The number of nitrogens with two attached hydrogens (primary N) is 1. The minimum atomic E-state index is -3.56. The van der Waals surface area contributed by atoms with Gasteiger partial charge in [0.25, 0.3) is 0 Å². The maximum absolute atomic E-state index is 12.5. The summed E-state index contributed by atoms with van der Waals surface area (Å²) in [5, 5.41) is 0.620. The summed E-state index contributed by atoms with van der Waals surface area (Å²) in [4.78, 5) is 0.125. The number of rotatable bonds is 3. The van der Waals surface area contributed by atoms with Gasteiger partial charge >= 0.3 is 0 Å².